The van der Waals surface area contributed by atoms with Crippen LogP contribution in [-0.4, -0.2) is 17.9 Å². The quantitative estimate of drug-likeness (QED) is 0.871. The van der Waals surface area contributed by atoms with Crippen molar-refractivity contribution in [2.75, 3.05) is 0 Å². The van der Waals surface area contributed by atoms with Crippen LogP contribution >= 0.6 is 15.9 Å². The van der Waals surface area contributed by atoms with Crippen LogP contribution in [-0.2, 0) is 16.1 Å². The Morgan fingerprint density at radius 2 is 2.11 bits per heavy atom. The first-order chi connectivity index (χ1) is 9.13. The molecule has 2 N–H and O–H groups in total. The molecular weight excluding hydrogens is 308 g/mol. The van der Waals surface area contributed by atoms with E-state index in [1.165, 1.54) is 0 Å². The average Bonchev–Trinajstić information content (AvgIpc) is 2.81. The van der Waals surface area contributed by atoms with Crippen LogP contribution in [0.25, 0.3) is 0 Å². The number of halogens is 1. The van der Waals surface area contributed by atoms with E-state index in [1.807, 2.05) is 24.3 Å². The molecular formula is C14H17BrN2O2. The number of carbonyl (C=O) groups excluding carboxylic acids is 2. The van der Waals surface area contributed by atoms with Gasteiger partial charge in [-0.05, 0) is 30.5 Å². The van der Waals surface area contributed by atoms with Gasteiger partial charge in [-0.1, -0.05) is 28.1 Å². The molecule has 4 nitrogen and oxygen atoms in total. The summed E-state index contributed by atoms with van der Waals surface area (Å²) >= 11 is 3.37. The van der Waals surface area contributed by atoms with Crippen LogP contribution in [0.5, 0.6) is 0 Å². The summed E-state index contributed by atoms with van der Waals surface area (Å²) < 4.78 is 1.03. The second-order valence-corrected chi connectivity index (χ2v) is 5.66. The first kappa shape index (κ1) is 14.1. The van der Waals surface area contributed by atoms with Gasteiger partial charge in [0, 0.05) is 29.9 Å². The topological polar surface area (TPSA) is 58.2 Å². The fourth-order valence-electron chi connectivity index (χ4n) is 2.09. The fourth-order valence-corrected chi connectivity index (χ4v) is 2.35. The summed E-state index contributed by atoms with van der Waals surface area (Å²) in [6.45, 7) is 0.545. The summed E-state index contributed by atoms with van der Waals surface area (Å²) in [6, 6.07) is 8.03. The smallest absolute Gasteiger partial charge is 0.220 e. The van der Waals surface area contributed by atoms with Crippen molar-refractivity contribution in [2.45, 2.75) is 38.3 Å². The van der Waals surface area contributed by atoms with Crippen molar-refractivity contribution in [1.82, 2.24) is 10.6 Å². The van der Waals surface area contributed by atoms with Crippen LogP contribution in [0.1, 0.15) is 31.2 Å². The van der Waals surface area contributed by atoms with Crippen molar-refractivity contribution in [3.05, 3.63) is 34.3 Å². The van der Waals surface area contributed by atoms with E-state index in [0.29, 0.717) is 19.4 Å². The predicted octanol–water partition coefficient (Wildman–Crippen LogP) is 2.12. The van der Waals surface area contributed by atoms with Gasteiger partial charge in [0.05, 0.1) is 0 Å². The summed E-state index contributed by atoms with van der Waals surface area (Å²) in [4.78, 5) is 22.7. The first-order valence-corrected chi connectivity index (χ1v) is 7.23. The third-order valence-electron chi connectivity index (χ3n) is 3.21. The maximum Gasteiger partial charge on any atom is 0.220 e. The number of nitrogens with one attached hydrogen (secondary N) is 2. The van der Waals surface area contributed by atoms with E-state index in [2.05, 4.69) is 26.6 Å². The molecule has 1 aromatic rings. The lowest BCUT2D eigenvalue weighted by Crippen LogP contribution is -2.28. The minimum Gasteiger partial charge on any atom is -0.353 e. The number of carbonyl (C=O) groups is 2. The molecule has 19 heavy (non-hydrogen) atoms. The molecule has 5 heteroatoms. The highest BCUT2D eigenvalue weighted by molar-refractivity contribution is 9.10. The van der Waals surface area contributed by atoms with Gasteiger partial charge in [0.2, 0.25) is 11.8 Å². The Kier molecular flexibility index (Phi) is 4.96. The molecule has 0 aromatic heterocycles. The molecule has 2 rings (SSSR count). The molecule has 0 spiro atoms. The van der Waals surface area contributed by atoms with Gasteiger partial charge >= 0.3 is 0 Å². The zero-order valence-electron chi connectivity index (χ0n) is 10.6. The maximum absolute atomic E-state index is 11.7. The van der Waals surface area contributed by atoms with Gasteiger partial charge in [0.25, 0.3) is 0 Å². The Hall–Kier alpha value is -1.36. The molecule has 1 atom stereocenters. The van der Waals surface area contributed by atoms with Crippen LogP contribution in [0.3, 0.4) is 0 Å². The highest BCUT2D eigenvalue weighted by Crippen LogP contribution is 2.12. The van der Waals surface area contributed by atoms with Gasteiger partial charge in [0.1, 0.15) is 0 Å². The van der Waals surface area contributed by atoms with E-state index in [-0.39, 0.29) is 17.9 Å². The fraction of sp³-hybridized carbons (Fsp3) is 0.429. The van der Waals surface area contributed by atoms with Crippen molar-refractivity contribution in [3.63, 3.8) is 0 Å². The molecule has 0 aliphatic carbocycles. The Morgan fingerprint density at radius 1 is 1.37 bits per heavy atom. The van der Waals surface area contributed by atoms with E-state index in [4.69, 9.17) is 0 Å². The molecule has 2 amide bonds. The summed E-state index contributed by atoms with van der Waals surface area (Å²) in [5.74, 6) is 0.129. The van der Waals surface area contributed by atoms with Crippen LogP contribution in [0.15, 0.2) is 28.7 Å². The van der Waals surface area contributed by atoms with Crippen LogP contribution < -0.4 is 10.6 Å². The predicted molar refractivity (Wildman–Crippen MR) is 76.4 cm³/mol. The second kappa shape index (κ2) is 6.70. The van der Waals surface area contributed by atoms with Crippen LogP contribution in [0.2, 0.25) is 0 Å². The highest BCUT2D eigenvalue weighted by Gasteiger charge is 2.20. The first-order valence-electron chi connectivity index (χ1n) is 6.44. The maximum atomic E-state index is 11.7. The Labute approximate surface area is 121 Å². The largest absolute Gasteiger partial charge is 0.353 e. The second-order valence-electron chi connectivity index (χ2n) is 4.74. The monoisotopic (exact) mass is 324 g/mol. The van der Waals surface area contributed by atoms with E-state index < -0.39 is 0 Å². The van der Waals surface area contributed by atoms with Gasteiger partial charge in [-0.3, -0.25) is 9.59 Å². The molecule has 0 radical (unpaired) electrons. The lowest BCUT2D eigenvalue weighted by atomic mass is 10.1. The standard InChI is InChI=1S/C14H17BrN2O2/c15-11-3-1-10(2-4-11)9-16-13(18)7-5-12-6-8-14(19)17-12/h1-4,12H,5-9H2,(H,16,18)(H,17,19). The summed E-state index contributed by atoms with van der Waals surface area (Å²) in [7, 11) is 0. The third-order valence-corrected chi connectivity index (χ3v) is 3.74. The average molecular weight is 325 g/mol. The lowest BCUT2D eigenvalue weighted by Gasteiger charge is -2.10. The summed E-state index contributed by atoms with van der Waals surface area (Å²) in [6.07, 6.45) is 2.61. The molecule has 1 aliphatic rings. The molecule has 1 aliphatic heterocycles. The SMILES string of the molecule is O=C(CCC1CCC(=O)N1)NCc1ccc(Br)cc1. The van der Waals surface area contributed by atoms with Gasteiger partial charge in [-0.2, -0.15) is 0 Å². The zero-order chi connectivity index (χ0) is 13.7. The molecule has 0 bridgehead atoms. The summed E-state index contributed by atoms with van der Waals surface area (Å²) in [5, 5.41) is 5.75. The number of hydrogen-bond acceptors (Lipinski definition) is 2. The molecule has 1 aromatic carbocycles. The third kappa shape index (κ3) is 4.67. The van der Waals surface area contributed by atoms with E-state index in [9.17, 15) is 9.59 Å². The number of rotatable bonds is 5. The number of benzene rings is 1. The molecule has 1 heterocycles. The van der Waals surface area contributed by atoms with Crippen LogP contribution in [0.4, 0.5) is 0 Å². The van der Waals surface area contributed by atoms with E-state index in [1.54, 1.807) is 0 Å². The molecule has 1 unspecified atom stereocenters. The zero-order valence-corrected chi connectivity index (χ0v) is 12.2. The van der Waals surface area contributed by atoms with Crippen molar-refractivity contribution < 1.29 is 9.59 Å². The summed E-state index contributed by atoms with van der Waals surface area (Å²) in [5.41, 5.74) is 1.07. The Bertz CT molecular complexity index is 459. The molecule has 1 fully saturated rings. The van der Waals surface area contributed by atoms with Gasteiger partial charge in [0.15, 0.2) is 0 Å². The van der Waals surface area contributed by atoms with Crippen molar-refractivity contribution in [3.8, 4) is 0 Å². The number of amides is 2. The highest BCUT2D eigenvalue weighted by atomic mass is 79.9. The van der Waals surface area contributed by atoms with Crippen molar-refractivity contribution >= 4 is 27.7 Å². The minimum atomic E-state index is 0.0315. The van der Waals surface area contributed by atoms with Crippen LogP contribution in [0, 0.1) is 0 Å². The minimum absolute atomic E-state index is 0.0315. The Balaban J connectivity index is 1.67. The lowest BCUT2D eigenvalue weighted by molar-refractivity contribution is -0.122. The van der Waals surface area contributed by atoms with Gasteiger partial charge < -0.3 is 10.6 Å². The van der Waals surface area contributed by atoms with E-state index in [0.717, 1.165) is 22.9 Å². The van der Waals surface area contributed by atoms with Crippen molar-refractivity contribution in [2.24, 2.45) is 0 Å². The van der Waals surface area contributed by atoms with Gasteiger partial charge in [-0.15, -0.1) is 0 Å². The normalized spacial score (nSPS) is 18.2. The molecule has 0 saturated carbocycles. The van der Waals surface area contributed by atoms with Gasteiger partial charge in [-0.25, -0.2) is 0 Å². The molecule has 1 saturated heterocycles. The Morgan fingerprint density at radius 3 is 2.74 bits per heavy atom. The van der Waals surface area contributed by atoms with Crippen molar-refractivity contribution in [1.29, 1.82) is 0 Å². The number of hydrogen-bond donors (Lipinski definition) is 2. The van der Waals surface area contributed by atoms with E-state index >= 15 is 0 Å². The molecule has 102 valence electrons.